The van der Waals surface area contributed by atoms with Gasteiger partial charge in [0.25, 0.3) is 0 Å². The number of nitrogens with one attached hydrogen (secondary N) is 1. The number of hydrogen-bond donors (Lipinski definition) is 2. The van der Waals surface area contributed by atoms with Crippen molar-refractivity contribution < 1.29 is 12.4 Å². The van der Waals surface area contributed by atoms with Gasteiger partial charge < -0.3 is 20.7 Å². The molecule has 1 saturated heterocycles. The minimum Gasteiger partial charge on any atom is -0.480 e. The highest BCUT2D eigenvalue weighted by Crippen LogP contribution is 2.35. The fraction of sp³-hybridized carbons (Fsp3) is 0.273. The van der Waals surface area contributed by atoms with Gasteiger partial charge in [-0.25, -0.2) is 4.98 Å². The van der Waals surface area contributed by atoms with Crippen LogP contribution in [0.5, 0.6) is 5.88 Å². The molecule has 1 aliphatic rings. The number of amides is 1. The van der Waals surface area contributed by atoms with Gasteiger partial charge in [0, 0.05) is 37.1 Å². The Morgan fingerprint density at radius 3 is 2.87 bits per heavy atom. The molecule has 3 aromatic rings. The molecule has 1 fully saturated rings. The molecule has 1 amide bonds. The number of nitrogens with zero attached hydrogens (tertiary/aromatic N) is 4. The number of methoxy groups -OCH3 is 1. The number of fused-ring (bicyclic) bond motifs is 1. The van der Waals surface area contributed by atoms with Crippen molar-refractivity contribution in [2.75, 3.05) is 36.1 Å². The van der Waals surface area contributed by atoms with Crippen molar-refractivity contribution in [2.24, 2.45) is 0 Å². The van der Waals surface area contributed by atoms with Gasteiger partial charge in [0.1, 0.15) is 11.6 Å². The van der Waals surface area contributed by atoms with E-state index < -0.39 is 0 Å². The van der Waals surface area contributed by atoms with Gasteiger partial charge in [-0.2, -0.15) is 10.2 Å². The number of anilines is 3. The minimum absolute atomic E-state index is 0. The zero-order chi connectivity index (χ0) is 22.2. The number of piperidine rings is 1. The van der Waals surface area contributed by atoms with E-state index in [2.05, 4.69) is 38.2 Å². The first-order valence-electron chi connectivity index (χ1n) is 9.82. The number of nitrogens with two attached hydrogens (primary N) is 1. The first kappa shape index (κ1) is 22.1. The fourth-order valence-corrected chi connectivity index (χ4v) is 4.29. The summed E-state index contributed by atoms with van der Waals surface area (Å²) in [5.74, 6) is 0.137. The number of rotatable bonds is 4. The second-order valence-electron chi connectivity index (χ2n) is 6.84. The fourth-order valence-electron chi connectivity index (χ4n) is 3.28. The molecule has 164 valence electrons. The number of aromatic nitrogens is 2. The van der Waals surface area contributed by atoms with E-state index in [0.717, 1.165) is 18.8 Å². The van der Waals surface area contributed by atoms with Crippen molar-refractivity contribution in [3.8, 4) is 11.9 Å². The summed E-state index contributed by atoms with van der Waals surface area (Å²) in [4.78, 5) is 21.1. The molecule has 0 atom stereocenters. The minimum atomic E-state index is -0.169. The highest BCUT2D eigenvalue weighted by molar-refractivity contribution is 7.17. The quantitative estimate of drug-likeness (QED) is 0.576. The maximum atomic E-state index is 11.3. The molecule has 3 heterocycles. The summed E-state index contributed by atoms with van der Waals surface area (Å²) in [5.41, 5.74) is 7.69. The van der Waals surface area contributed by atoms with Crippen molar-refractivity contribution >= 4 is 44.7 Å². The molecule has 1 aromatic carbocycles. The monoisotopic (exact) mass is 440 g/mol. The van der Waals surface area contributed by atoms with Gasteiger partial charge in [-0.05, 0) is 43.5 Å². The van der Waals surface area contributed by atoms with Crippen LogP contribution in [0, 0.1) is 11.3 Å². The third kappa shape index (κ3) is 5.49. The Balaban J connectivity index is 0.000000362. The highest BCUT2D eigenvalue weighted by atomic mass is 32.1. The van der Waals surface area contributed by atoms with E-state index in [1.807, 2.05) is 18.2 Å². The largest absolute Gasteiger partial charge is 0.480 e. The topological polar surface area (TPSA) is 117 Å². The third-order valence-corrected chi connectivity index (χ3v) is 5.72. The third-order valence-electron chi connectivity index (χ3n) is 4.79. The van der Waals surface area contributed by atoms with Crippen LogP contribution in [0.15, 0.2) is 42.4 Å². The van der Waals surface area contributed by atoms with E-state index in [1.165, 1.54) is 54.4 Å². The number of carbonyl (C=O) groups excluding carboxylic acids is 1. The second-order valence-corrected chi connectivity index (χ2v) is 7.75. The Morgan fingerprint density at radius 2 is 2.19 bits per heavy atom. The molecule has 0 unspecified atom stereocenters. The molecule has 1 aliphatic heterocycles. The normalized spacial score (nSPS) is 13.0. The molecule has 0 radical (unpaired) electrons. The Hall–Kier alpha value is -3.64. The number of carbonyl (C=O) groups is 1. The number of benzene rings is 1. The lowest BCUT2D eigenvalue weighted by atomic mass is 10.1. The molecule has 9 heteroatoms. The van der Waals surface area contributed by atoms with Crippen LogP contribution in [0.2, 0.25) is 0 Å². The van der Waals surface area contributed by atoms with Gasteiger partial charge in [-0.15, -0.1) is 11.3 Å². The summed E-state index contributed by atoms with van der Waals surface area (Å²) in [6.07, 6.45) is 6.52. The summed E-state index contributed by atoms with van der Waals surface area (Å²) in [5, 5.41) is 14.8. The van der Waals surface area contributed by atoms with Gasteiger partial charge in [0.15, 0.2) is 0 Å². The molecule has 31 heavy (non-hydrogen) atoms. The molecule has 8 nitrogen and oxygen atoms in total. The van der Waals surface area contributed by atoms with E-state index in [-0.39, 0.29) is 26.2 Å². The van der Waals surface area contributed by atoms with Crippen molar-refractivity contribution in [2.45, 2.75) is 19.3 Å². The molecule has 4 rings (SSSR count). The molecular weight excluding hydrogens is 412 g/mol. The van der Waals surface area contributed by atoms with Crippen LogP contribution in [-0.2, 0) is 4.79 Å². The lowest BCUT2D eigenvalue weighted by Gasteiger charge is -2.28. The number of nitriles is 1. The van der Waals surface area contributed by atoms with Gasteiger partial charge in [0.05, 0.1) is 19.0 Å². The predicted octanol–water partition coefficient (Wildman–Crippen LogP) is 4.45. The van der Waals surface area contributed by atoms with Gasteiger partial charge >= 0.3 is 0 Å². The Morgan fingerprint density at radius 1 is 1.42 bits per heavy atom. The van der Waals surface area contributed by atoms with Crippen molar-refractivity contribution in [1.82, 2.24) is 9.97 Å². The van der Waals surface area contributed by atoms with E-state index >= 15 is 0 Å². The second kappa shape index (κ2) is 10.4. The molecule has 3 N–H and O–H groups in total. The van der Waals surface area contributed by atoms with E-state index in [1.54, 1.807) is 11.3 Å². The van der Waals surface area contributed by atoms with Crippen molar-refractivity contribution in [3.05, 3.63) is 48.0 Å². The van der Waals surface area contributed by atoms with Crippen molar-refractivity contribution in [1.29, 1.82) is 5.26 Å². The number of hydrogen-bond acceptors (Lipinski definition) is 8. The molecule has 0 aliphatic carbocycles. The summed E-state index contributed by atoms with van der Waals surface area (Å²) in [7, 11) is 1.42. The van der Waals surface area contributed by atoms with Crippen LogP contribution in [-0.4, -0.2) is 36.1 Å². The van der Waals surface area contributed by atoms with Gasteiger partial charge in [-0.1, -0.05) is 6.58 Å². The summed E-state index contributed by atoms with van der Waals surface area (Å²) < 4.78 is 5.98. The summed E-state index contributed by atoms with van der Waals surface area (Å²) in [6.45, 7) is 5.78. The van der Waals surface area contributed by atoms with E-state index in [0.29, 0.717) is 0 Å². The molecule has 0 saturated carbocycles. The van der Waals surface area contributed by atoms with E-state index in [9.17, 15) is 4.79 Å². The maximum absolute atomic E-state index is 11.3. The standard InChI is InChI=1S/C16H18N2OS.C6H6N4O.2H2/c1-2-16(19)17-12-6-7-13-14(11-20-15(13)10-12)18-8-4-3-5-9-18;1-11-5-4(2-7)3-9-6(8)10-5;;/h2,6-7,10-11H,1,3-5,8-9H2,(H,17,19);3H,1H3,(H2,8,9,10);2*1H. The van der Waals surface area contributed by atoms with Crippen LogP contribution >= 0.6 is 11.3 Å². The first-order chi connectivity index (χ1) is 15.0. The average molecular weight is 441 g/mol. The maximum Gasteiger partial charge on any atom is 0.247 e. The molecular formula is C22H28N6O2S. The van der Waals surface area contributed by atoms with Crippen LogP contribution in [0.3, 0.4) is 0 Å². The van der Waals surface area contributed by atoms with Crippen LogP contribution in [0.4, 0.5) is 17.3 Å². The zero-order valence-corrected chi connectivity index (χ0v) is 18.1. The predicted molar refractivity (Wildman–Crippen MR) is 129 cm³/mol. The van der Waals surface area contributed by atoms with Crippen LogP contribution in [0.25, 0.3) is 10.1 Å². The van der Waals surface area contributed by atoms with Gasteiger partial charge in [-0.3, -0.25) is 4.79 Å². The Labute approximate surface area is 187 Å². The number of ether oxygens (including phenoxy) is 1. The highest BCUT2D eigenvalue weighted by Gasteiger charge is 2.15. The lowest BCUT2D eigenvalue weighted by molar-refractivity contribution is -0.111. The molecule has 0 spiro atoms. The van der Waals surface area contributed by atoms with Gasteiger partial charge in [0.2, 0.25) is 17.7 Å². The Kier molecular flexibility index (Phi) is 7.40. The van der Waals surface area contributed by atoms with E-state index in [4.69, 9.17) is 15.7 Å². The SMILES string of the molecule is C=CC(=O)Nc1ccc2c(N3CCCCC3)csc2c1.COc1nc(N)ncc1C#N.[HH].[HH]. The van der Waals surface area contributed by atoms with Crippen molar-refractivity contribution in [3.63, 3.8) is 0 Å². The first-order valence-corrected chi connectivity index (χ1v) is 10.7. The summed E-state index contributed by atoms with van der Waals surface area (Å²) >= 11 is 1.74. The lowest BCUT2D eigenvalue weighted by Crippen LogP contribution is -2.28. The zero-order valence-electron chi connectivity index (χ0n) is 17.3. The van der Waals surface area contributed by atoms with Crippen LogP contribution < -0.4 is 20.7 Å². The molecule has 2 aromatic heterocycles. The number of nitrogen functional groups attached to an aromatic ring is 1. The summed E-state index contributed by atoms with van der Waals surface area (Å²) in [6, 6.07) is 7.97. The smallest absolute Gasteiger partial charge is 0.247 e. The average Bonchev–Trinajstić information content (AvgIpc) is 3.23. The van der Waals surface area contributed by atoms with Crippen LogP contribution in [0.1, 0.15) is 27.7 Å². The number of thiophene rings is 1. The molecule has 0 bridgehead atoms. The Bertz CT molecular complexity index is 1130.